The van der Waals surface area contributed by atoms with Gasteiger partial charge in [0.2, 0.25) is 5.13 Å². The standard InChI is InChI=1S/C19H18FN3OS/c1-2-11-24-18-6-4-3-5-15(18)12-21-23-19-22-17(13-25-19)14-7-9-16(20)10-8-14/h3-10,12-13H,2,11H2,1H3,(H,22,23)/b21-12-. The minimum atomic E-state index is -0.258. The Hall–Kier alpha value is -2.73. The highest BCUT2D eigenvalue weighted by Crippen LogP contribution is 2.25. The van der Waals surface area contributed by atoms with Crippen LogP contribution in [0.1, 0.15) is 18.9 Å². The number of thiazole rings is 1. The molecule has 0 spiro atoms. The molecule has 0 aliphatic carbocycles. The molecule has 1 aromatic heterocycles. The molecule has 4 nitrogen and oxygen atoms in total. The van der Waals surface area contributed by atoms with Gasteiger partial charge in [-0.15, -0.1) is 11.3 Å². The zero-order valence-electron chi connectivity index (χ0n) is 13.8. The Morgan fingerprint density at radius 1 is 1.20 bits per heavy atom. The van der Waals surface area contributed by atoms with Crippen molar-refractivity contribution in [3.63, 3.8) is 0 Å². The van der Waals surface area contributed by atoms with Crippen LogP contribution in [0.4, 0.5) is 9.52 Å². The molecule has 0 aliphatic rings. The molecule has 2 aromatic carbocycles. The summed E-state index contributed by atoms with van der Waals surface area (Å²) in [7, 11) is 0. The van der Waals surface area contributed by atoms with Crippen molar-refractivity contribution in [2.24, 2.45) is 5.10 Å². The molecule has 0 bridgehead atoms. The Morgan fingerprint density at radius 3 is 2.80 bits per heavy atom. The lowest BCUT2D eigenvalue weighted by molar-refractivity contribution is 0.317. The average Bonchev–Trinajstić information content (AvgIpc) is 3.10. The van der Waals surface area contributed by atoms with E-state index in [0.717, 1.165) is 29.0 Å². The van der Waals surface area contributed by atoms with Crippen LogP contribution in [-0.4, -0.2) is 17.8 Å². The SMILES string of the molecule is CCCOc1ccccc1/C=N\Nc1nc(-c2ccc(F)cc2)cs1. The number of hydrogen-bond acceptors (Lipinski definition) is 5. The lowest BCUT2D eigenvalue weighted by Gasteiger charge is -2.07. The number of nitrogens with one attached hydrogen (secondary N) is 1. The highest BCUT2D eigenvalue weighted by atomic mass is 32.1. The summed E-state index contributed by atoms with van der Waals surface area (Å²) in [6.45, 7) is 2.74. The maximum atomic E-state index is 13.0. The Balaban J connectivity index is 1.66. The third kappa shape index (κ3) is 4.64. The summed E-state index contributed by atoms with van der Waals surface area (Å²) in [5.74, 6) is 0.548. The largest absolute Gasteiger partial charge is 0.493 e. The lowest BCUT2D eigenvalue weighted by atomic mass is 10.2. The molecule has 0 atom stereocenters. The molecule has 0 amide bonds. The van der Waals surface area contributed by atoms with Crippen LogP contribution in [0.15, 0.2) is 59.0 Å². The normalized spacial score (nSPS) is 11.0. The number of rotatable bonds is 7. The maximum absolute atomic E-state index is 13.0. The number of hydrogen-bond donors (Lipinski definition) is 1. The van der Waals surface area contributed by atoms with E-state index in [0.29, 0.717) is 11.7 Å². The topological polar surface area (TPSA) is 46.5 Å². The van der Waals surface area contributed by atoms with Crippen molar-refractivity contribution >= 4 is 22.7 Å². The van der Waals surface area contributed by atoms with E-state index in [2.05, 4.69) is 22.4 Å². The number of para-hydroxylation sites is 1. The first-order valence-electron chi connectivity index (χ1n) is 7.98. The minimum absolute atomic E-state index is 0.258. The molecule has 0 fully saturated rings. The molecule has 1 heterocycles. The molecule has 25 heavy (non-hydrogen) atoms. The van der Waals surface area contributed by atoms with E-state index in [1.165, 1.54) is 23.5 Å². The third-order valence-corrected chi connectivity index (χ3v) is 4.14. The van der Waals surface area contributed by atoms with Crippen LogP contribution in [0.25, 0.3) is 11.3 Å². The summed E-state index contributed by atoms with van der Waals surface area (Å²) < 4.78 is 18.7. The van der Waals surface area contributed by atoms with Gasteiger partial charge in [0.15, 0.2) is 0 Å². The fourth-order valence-electron chi connectivity index (χ4n) is 2.17. The smallest absolute Gasteiger partial charge is 0.203 e. The van der Waals surface area contributed by atoms with Crippen LogP contribution in [0, 0.1) is 5.82 Å². The van der Waals surface area contributed by atoms with Gasteiger partial charge in [-0.3, -0.25) is 5.43 Å². The fourth-order valence-corrected chi connectivity index (χ4v) is 2.83. The van der Waals surface area contributed by atoms with Gasteiger partial charge in [0.1, 0.15) is 11.6 Å². The molecule has 0 unspecified atom stereocenters. The number of aromatic nitrogens is 1. The second-order valence-corrected chi connectivity index (χ2v) is 6.16. The van der Waals surface area contributed by atoms with Gasteiger partial charge in [-0.25, -0.2) is 9.37 Å². The Morgan fingerprint density at radius 2 is 2.00 bits per heavy atom. The quantitative estimate of drug-likeness (QED) is 0.469. The predicted molar refractivity (Wildman–Crippen MR) is 101 cm³/mol. The molecule has 0 aliphatic heterocycles. The van der Waals surface area contributed by atoms with Crippen molar-refractivity contribution < 1.29 is 9.13 Å². The van der Waals surface area contributed by atoms with Gasteiger partial charge in [-0.1, -0.05) is 19.1 Å². The third-order valence-electron chi connectivity index (χ3n) is 3.39. The van der Waals surface area contributed by atoms with Crippen molar-refractivity contribution in [1.29, 1.82) is 0 Å². The summed E-state index contributed by atoms with van der Waals surface area (Å²) in [6.07, 6.45) is 2.67. The first-order chi connectivity index (χ1) is 12.3. The summed E-state index contributed by atoms with van der Waals surface area (Å²) in [5, 5.41) is 6.81. The van der Waals surface area contributed by atoms with Gasteiger partial charge >= 0.3 is 0 Å². The second-order valence-electron chi connectivity index (χ2n) is 5.30. The van der Waals surface area contributed by atoms with Crippen molar-refractivity contribution in [3.05, 3.63) is 65.3 Å². The van der Waals surface area contributed by atoms with E-state index < -0.39 is 0 Å². The summed E-state index contributed by atoms with van der Waals surface area (Å²) in [4.78, 5) is 4.45. The van der Waals surface area contributed by atoms with Gasteiger partial charge in [0, 0.05) is 16.5 Å². The minimum Gasteiger partial charge on any atom is -0.493 e. The van der Waals surface area contributed by atoms with Crippen molar-refractivity contribution in [1.82, 2.24) is 4.98 Å². The van der Waals surface area contributed by atoms with Crippen LogP contribution in [0.5, 0.6) is 5.75 Å². The highest BCUT2D eigenvalue weighted by molar-refractivity contribution is 7.14. The summed E-state index contributed by atoms with van der Waals surface area (Å²) in [5.41, 5.74) is 5.48. The van der Waals surface area contributed by atoms with Crippen LogP contribution >= 0.6 is 11.3 Å². The first-order valence-corrected chi connectivity index (χ1v) is 8.86. The van der Waals surface area contributed by atoms with Crippen LogP contribution in [0.3, 0.4) is 0 Å². The fraction of sp³-hybridized carbons (Fsp3) is 0.158. The van der Waals surface area contributed by atoms with Crippen molar-refractivity contribution in [2.75, 3.05) is 12.0 Å². The average molecular weight is 355 g/mol. The molecule has 128 valence electrons. The molecule has 6 heteroatoms. The number of hydrazone groups is 1. The zero-order chi connectivity index (χ0) is 17.5. The second kappa shape index (κ2) is 8.39. The molecule has 0 saturated carbocycles. The molecule has 3 rings (SSSR count). The van der Waals surface area contributed by atoms with Crippen LogP contribution in [-0.2, 0) is 0 Å². The van der Waals surface area contributed by atoms with E-state index in [9.17, 15) is 4.39 Å². The van der Waals surface area contributed by atoms with E-state index >= 15 is 0 Å². The summed E-state index contributed by atoms with van der Waals surface area (Å²) >= 11 is 1.44. The molecule has 0 saturated heterocycles. The Labute approximate surface area is 150 Å². The number of anilines is 1. The first kappa shape index (κ1) is 17.1. The molecular weight excluding hydrogens is 337 g/mol. The molecule has 3 aromatic rings. The van der Waals surface area contributed by atoms with Gasteiger partial charge in [0.25, 0.3) is 0 Å². The Bertz CT molecular complexity index is 846. The van der Waals surface area contributed by atoms with E-state index in [1.807, 2.05) is 29.6 Å². The van der Waals surface area contributed by atoms with E-state index in [-0.39, 0.29) is 5.82 Å². The van der Waals surface area contributed by atoms with Crippen LogP contribution in [0.2, 0.25) is 0 Å². The molecular formula is C19H18FN3OS. The Kier molecular flexibility index (Phi) is 5.74. The number of ether oxygens (including phenoxy) is 1. The number of halogens is 1. The number of benzene rings is 2. The maximum Gasteiger partial charge on any atom is 0.203 e. The van der Waals surface area contributed by atoms with Gasteiger partial charge in [-0.05, 0) is 42.8 Å². The monoisotopic (exact) mass is 355 g/mol. The van der Waals surface area contributed by atoms with Crippen molar-refractivity contribution in [3.8, 4) is 17.0 Å². The molecule has 0 radical (unpaired) electrons. The summed E-state index contributed by atoms with van der Waals surface area (Å²) in [6, 6.07) is 14.0. The van der Waals surface area contributed by atoms with Gasteiger partial charge in [0.05, 0.1) is 18.5 Å². The lowest BCUT2D eigenvalue weighted by Crippen LogP contribution is -1.99. The predicted octanol–water partition coefficient (Wildman–Crippen LogP) is 5.18. The van der Waals surface area contributed by atoms with E-state index in [1.54, 1.807) is 18.3 Å². The number of nitrogens with zero attached hydrogens (tertiary/aromatic N) is 2. The van der Waals surface area contributed by atoms with Gasteiger partial charge < -0.3 is 4.74 Å². The zero-order valence-corrected chi connectivity index (χ0v) is 14.6. The van der Waals surface area contributed by atoms with Crippen molar-refractivity contribution in [2.45, 2.75) is 13.3 Å². The van der Waals surface area contributed by atoms with Gasteiger partial charge in [-0.2, -0.15) is 5.10 Å². The van der Waals surface area contributed by atoms with E-state index in [4.69, 9.17) is 4.74 Å². The highest BCUT2D eigenvalue weighted by Gasteiger charge is 2.04. The molecule has 1 N–H and O–H groups in total. The van der Waals surface area contributed by atoms with Crippen LogP contribution < -0.4 is 10.2 Å².